The first-order valence-corrected chi connectivity index (χ1v) is 6.87. The van der Waals surface area contributed by atoms with Crippen LogP contribution in [0.25, 0.3) is 0 Å². The van der Waals surface area contributed by atoms with Gasteiger partial charge in [0.1, 0.15) is 6.61 Å². The fourth-order valence-corrected chi connectivity index (χ4v) is 1.14. The molecule has 19 heavy (non-hydrogen) atoms. The van der Waals surface area contributed by atoms with Crippen molar-refractivity contribution in [2.24, 2.45) is 0 Å². The lowest BCUT2D eigenvalue weighted by Crippen LogP contribution is -2.34. The van der Waals surface area contributed by atoms with Crippen LogP contribution >= 0.6 is 12.6 Å². The number of hydrogen-bond donors (Lipinski definition) is 3. The number of rotatable bonds is 10. The van der Waals surface area contributed by atoms with E-state index in [1.165, 1.54) is 0 Å². The molecule has 0 bridgehead atoms. The molecule has 0 aliphatic rings. The van der Waals surface area contributed by atoms with Gasteiger partial charge in [-0.2, -0.15) is 12.6 Å². The highest BCUT2D eigenvalue weighted by molar-refractivity contribution is 7.81. The fourth-order valence-electron chi connectivity index (χ4n) is 1.05. The maximum absolute atomic E-state index is 11.2. The molecule has 0 aliphatic heterocycles. The van der Waals surface area contributed by atoms with Gasteiger partial charge in [0.15, 0.2) is 0 Å². The van der Waals surface area contributed by atoms with Crippen LogP contribution in [-0.2, 0) is 19.1 Å². The molecule has 1 unspecified atom stereocenters. The van der Waals surface area contributed by atoms with E-state index in [1.807, 2.05) is 13.8 Å². The van der Waals surface area contributed by atoms with Gasteiger partial charge in [0, 0.05) is 13.1 Å². The molecule has 0 saturated heterocycles. The second-order valence-electron chi connectivity index (χ2n) is 4.29. The molecule has 2 N–H and O–H groups in total. The molecule has 0 aromatic rings. The molecule has 0 aromatic heterocycles. The third-order valence-electron chi connectivity index (χ3n) is 2.04. The van der Waals surface area contributed by atoms with E-state index in [2.05, 4.69) is 23.3 Å². The second kappa shape index (κ2) is 11.1. The van der Waals surface area contributed by atoms with Gasteiger partial charge in [0.05, 0.1) is 24.6 Å². The molecule has 6 nitrogen and oxygen atoms in total. The van der Waals surface area contributed by atoms with Gasteiger partial charge >= 0.3 is 0 Å². The first kappa shape index (κ1) is 18.2. The van der Waals surface area contributed by atoms with Gasteiger partial charge in [-0.3, -0.25) is 9.59 Å². The number of amides is 2. The van der Waals surface area contributed by atoms with Crippen LogP contribution in [0.2, 0.25) is 0 Å². The summed E-state index contributed by atoms with van der Waals surface area (Å²) in [6.45, 7) is 7.18. The largest absolute Gasteiger partial charge is 0.378 e. The summed E-state index contributed by atoms with van der Waals surface area (Å²) in [5.41, 5.74) is 0. The molecule has 0 aliphatic carbocycles. The molecule has 7 heteroatoms. The lowest BCUT2D eigenvalue weighted by atomic mass is 10.4. The van der Waals surface area contributed by atoms with Gasteiger partial charge in [-0.1, -0.05) is 0 Å². The molecule has 0 heterocycles. The summed E-state index contributed by atoms with van der Waals surface area (Å²) in [6, 6.07) is 0. The van der Waals surface area contributed by atoms with Crippen LogP contribution in [0.5, 0.6) is 0 Å². The minimum absolute atomic E-state index is 0.0415. The van der Waals surface area contributed by atoms with E-state index in [4.69, 9.17) is 9.47 Å². The Kier molecular flexibility index (Phi) is 10.6. The van der Waals surface area contributed by atoms with Crippen molar-refractivity contribution in [3.8, 4) is 0 Å². The molecular weight excluding hydrogens is 268 g/mol. The third kappa shape index (κ3) is 12.0. The molecule has 2 amide bonds. The Morgan fingerprint density at radius 1 is 1.11 bits per heavy atom. The standard InChI is InChI=1S/C12H24N2O4S/c1-9(2)18-8-11(15)13-4-6-17-7-5-14-12(16)10(3)19/h9-10,19H,4-8H2,1-3H3,(H,13,15)(H,14,16). The topological polar surface area (TPSA) is 76.7 Å². The van der Waals surface area contributed by atoms with Crippen LogP contribution in [0.1, 0.15) is 20.8 Å². The third-order valence-corrected chi connectivity index (χ3v) is 2.28. The number of hydrogen-bond acceptors (Lipinski definition) is 5. The first-order valence-electron chi connectivity index (χ1n) is 6.35. The van der Waals surface area contributed by atoms with Gasteiger partial charge in [-0.05, 0) is 20.8 Å². The van der Waals surface area contributed by atoms with E-state index in [0.29, 0.717) is 26.3 Å². The first-order chi connectivity index (χ1) is 8.93. The van der Waals surface area contributed by atoms with Gasteiger partial charge in [0.2, 0.25) is 11.8 Å². The number of nitrogens with one attached hydrogen (secondary N) is 2. The summed E-state index contributed by atoms with van der Waals surface area (Å²) in [5, 5.41) is 5.02. The van der Waals surface area contributed by atoms with Crippen molar-refractivity contribution < 1.29 is 19.1 Å². The smallest absolute Gasteiger partial charge is 0.246 e. The lowest BCUT2D eigenvalue weighted by molar-refractivity contribution is -0.127. The maximum Gasteiger partial charge on any atom is 0.246 e. The Bertz CT molecular complexity index is 272. The van der Waals surface area contributed by atoms with Gasteiger partial charge in [0.25, 0.3) is 0 Å². The minimum Gasteiger partial charge on any atom is -0.378 e. The average Bonchev–Trinajstić information content (AvgIpc) is 2.34. The van der Waals surface area contributed by atoms with Gasteiger partial charge in [-0.15, -0.1) is 0 Å². The van der Waals surface area contributed by atoms with Crippen LogP contribution in [0.15, 0.2) is 0 Å². The van der Waals surface area contributed by atoms with Crippen molar-refractivity contribution in [3.05, 3.63) is 0 Å². The van der Waals surface area contributed by atoms with Crippen molar-refractivity contribution in [3.63, 3.8) is 0 Å². The van der Waals surface area contributed by atoms with Crippen molar-refractivity contribution in [1.82, 2.24) is 10.6 Å². The molecular formula is C12H24N2O4S. The number of carbonyl (C=O) groups excluding carboxylic acids is 2. The highest BCUT2D eigenvalue weighted by Gasteiger charge is 2.05. The molecule has 0 aromatic carbocycles. The second-order valence-corrected chi connectivity index (χ2v) is 5.06. The van der Waals surface area contributed by atoms with Crippen LogP contribution in [0, 0.1) is 0 Å². The van der Waals surface area contributed by atoms with E-state index >= 15 is 0 Å². The quantitative estimate of drug-likeness (QED) is 0.391. The molecule has 1 atom stereocenters. The summed E-state index contributed by atoms with van der Waals surface area (Å²) < 4.78 is 10.4. The van der Waals surface area contributed by atoms with Crippen LogP contribution in [0.4, 0.5) is 0 Å². The number of thiol groups is 1. The molecule has 0 saturated carbocycles. The van der Waals surface area contributed by atoms with Crippen molar-refractivity contribution in [2.75, 3.05) is 32.9 Å². The molecule has 0 radical (unpaired) electrons. The Labute approximate surface area is 120 Å². The molecule has 0 rings (SSSR count). The zero-order valence-corrected chi connectivity index (χ0v) is 12.7. The number of ether oxygens (including phenoxy) is 2. The van der Waals surface area contributed by atoms with E-state index in [1.54, 1.807) is 6.92 Å². The summed E-state index contributed by atoms with van der Waals surface area (Å²) >= 11 is 4.00. The molecule has 0 fully saturated rings. The van der Waals surface area contributed by atoms with Crippen molar-refractivity contribution >= 4 is 24.4 Å². The van der Waals surface area contributed by atoms with E-state index in [-0.39, 0.29) is 29.8 Å². The highest BCUT2D eigenvalue weighted by atomic mass is 32.1. The minimum atomic E-state index is -0.319. The zero-order chi connectivity index (χ0) is 14.7. The van der Waals surface area contributed by atoms with Crippen LogP contribution < -0.4 is 10.6 Å². The summed E-state index contributed by atoms with van der Waals surface area (Å²) in [5.74, 6) is -0.277. The van der Waals surface area contributed by atoms with Crippen molar-refractivity contribution in [1.29, 1.82) is 0 Å². The van der Waals surface area contributed by atoms with Crippen LogP contribution in [0.3, 0.4) is 0 Å². The van der Waals surface area contributed by atoms with Crippen LogP contribution in [-0.4, -0.2) is 56.1 Å². The fraction of sp³-hybridized carbons (Fsp3) is 0.833. The predicted octanol–water partition coefficient (Wildman–Crippen LogP) is -0.0213. The predicted molar refractivity (Wildman–Crippen MR) is 76.4 cm³/mol. The number of carbonyl (C=O) groups is 2. The molecule has 112 valence electrons. The van der Waals surface area contributed by atoms with E-state index in [9.17, 15) is 9.59 Å². The molecule has 0 spiro atoms. The lowest BCUT2D eigenvalue weighted by Gasteiger charge is -2.09. The Morgan fingerprint density at radius 3 is 2.21 bits per heavy atom. The average molecular weight is 292 g/mol. The summed E-state index contributed by atoms with van der Waals surface area (Å²) in [4.78, 5) is 22.4. The van der Waals surface area contributed by atoms with E-state index < -0.39 is 0 Å². The summed E-state index contributed by atoms with van der Waals surface area (Å²) in [6.07, 6.45) is 0.0415. The Morgan fingerprint density at radius 2 is 1.68 bits per heavy atom. The Hall–Kier alpha value is -0.790. The monoisotopic (exact) mass is 292 g/mol. The normalized spacial score (nSPS) is 12.3. The van der Waals surface area contributed by atoms with E-state index in [0.717, 1.165) is 0 Å². The zero-order valence-electron chi connectivity index (χ0n) is 11.8. The van der Waals surface area contributed by atoms with Gasteiger partial charge in [-0.25, -0.2) is 0 Å². The van der Waals surface area contributed by atoms with Gasteiger partial charge < -0.3 is 20.1 Å². The summed E-state index contributed by atoms with van der Waals surface area (Å²) in [7, 11) is 0. The van der Waals surface area contributed by atoms with Crippen molar-refractivity contribution in [2.45, 2.75) is 32.1 Å². The highest BCUT2D eigenvalue weighted by Crippen LogP contribution is 1.90. The Balaban J connectivity index is 3.31. The maximum atomic E-state index is 11.2. The SMILES string of the molecule is CC(C)OCC(=O)NCCOCCNC(=O)C(C)S.